The van der Waals surface area contributed by atoms with Crippen LogP contribution in [0.2, 0.25) is 0 Å². The van der Waals surface area contributed by atoms with E-state index in [-0.39, 0.29) is 5.91 Å². The summed E-state index contributed by atoms with van der Waals surface area (Å²) in [4.78, 5) is 31.7. The van der Waals surface area contributed by atoms with Crippen LogP contribution in [0.5, 0.6) is 0 Å². The number of hydrogen-bond acceptors (Lipinski definition) is 7. The molecular formula is C29H39N7O2. The lowest BCUT2D eigenvalue weighted by Crippen LogP contribution is -2.28. The smallest absolute Gasteiger partial charge is 0.228 e. The fourth-order valence-corrected chi connectivity index (χ4v) is 6.03. The third-order valence-corrected chi connectivity index (χ3v) is 8.41. The van der Waals surface area contributed by atoms with E-state index in [0.29, 0.717) is 42.3 Å². The van der Waals surface area contributed by atoms with Gasteiger partial charge in [0.25, 0.3) is 0 Å². The summed E-state index contributed by atoms with van der Waals surface area (Å²) in [6.07, 6.45) is 14.7. The van der Waals surface area contributed by atoms with Gasteiger partial charge in [0.15, 0.2) is 5.65 Å². The van der Waals surface area contributed by atoms with Crippen LogP contribution in [0, 0.1) is 5.92 Å². The molecule has 4 heterocycles. The molecule has 0 unspecified atom stereocenters. The SMILES string of the molecule is C=C1NC(=O)C/C1=C\c1cnn2c(NC3CC3)cc(NC3CCC(CC(=O)CCN4CCCC4)CC3)nc12. The Labute approximate surface area is 224 Å². The van der Waals surface area contributed by atoms with Crippen molar-refractivity contribution < 1.29 is 9.59 Å². The largest absolute Gasteiger partial charge is 0.367 e. The summed E-state index contributed by atoms with van der Waals surface area (Å²) in [7, 11) is 0. The van der Waals surface area contributed by atoms with Gasteiger partial charge in [0, 0.05) is 48.8 Å². The van der Waals surface area contributed by atoms with Crippen LogP contribution in [-0.2, 0) is 9.59 Å². The van der Waals surface area contributed by atoms with Gasteiger partial charge >= 0.3 is 0 Å². The van der Waals surface area contributed by atoms with Gasteiger partial charge < -0.3 is 20.9 Å². The van der Waals surface area contributed by atoms with Gasteiger partial charge in [-0.05, 0) is 82.0 Å². The number of ketones is 1. The number of allylic oxidation sites excluding steroid dienone is 1. The van der Waals surface area contributed by atoms with Crippen LogP contribution < -0.4 is 16.0 Å². The summed E-state index contributed by atoms with van der Waals surface area (Å²) in [5.41, 5.74) is 3.15. The van der Waals surface area contributed by atoms with Crippen LogP contribution in [0.15, 0.2) is 30.1 Å². The van der Waals surface area contributed by atoms with Crippen molar-refractivity contribution in [3.63, 3.8) is 0 Å². The van der Waals surface area contributed by atoms with Gasteiger partial charge in [-0.1, -0.05) is 6.58 Å². The van der Waals surface area contributed by atoms with Crippen LogP contribution in [0.3, 0.4) is 0 Å². The number of aromatic nitrogens is 3. The molecule has 2 aliphatic carbocycles. The lowest BCUT2D eigenvalue weighted by atomic mass is 9.83. The van der Waals surface area contributed by atoms with E-state index in [0.717, 1.165) is 80.2 Å². The van der Waals surface area contributed by atoms with Crippen molar-refractivity contribution in [2.45, 2.75) is 82.7 Å². The molecule has 0 aromatic carbocycles. The first-order valence-corrected chi connectivity index (χ1v) is 14.4. The maximum atomic E-state index is 12.6. The Morgan fingerprint density at radius 3 is 2.55 bits per heavy atom. The van der Waals surface area contributed by atoms with Crippen molar-refractivity contribution in [2.75, 3.05) is 30.3 Å². The summed E-state index contributed by atoms with van der Waals surface area (Å²) in [6, 6.07) is 2.88. The number of anilines is 2. The molecule has 9 nitrogen and oxygen atoms in total. The third kappa shape index (κ3) is 5.93. The number of likely N-dealkylation sites (tertiary alicyclic amines) is 1. The summed E-state index contributed by atoms with van der Waals surface area (Å²) < 4.78 is 1.85. The number of hydrogen-bond donors (Lipinski definition) is 3. The van der Waals surface area contributed by atoms with Gasteiger partial charge in [0.05, 0.1) is 12.6 Å². The van der Waals surface area contributed by atoms with Crippen molar-refractivity contribution in [1.29, 1.82) is 0 Å². The summed E-state index contributed by atoms with van der Waals surface area (Å²) in [5.74, 6) is 2.67. The predicted octanol–water partition coefficient (Wildman–Crippen LogP) is 4.14. The Bertz CT molecular complexity index is 1250. The number of Topliss-reactive ketones (excluding diaryl/α,β-unsaturated/α-hetero) is 1. The summed E-state index contributed by atoms with van der Waals surface area (Å²) in [6.45, 7) is 7.22. The van der Waals surface area contributed by atoms with E-state index < -0.39 is 0 Å². The molecule has 38 heavy (non-hydrogen) atoms. The maximum absolute atomic E-state index is 12.6. The molecule has 2 aliphatic heterocycles. The first-order chi connectivity index (χ1) is 18.5. The van der Waals surface area contributed by atoms with E-state index >= 15 is 0 Å². The minimum Gasteiger partial charge on any atom is -0.367 e. The van der Waals surface area contributed by atoms with E-state index in [9.17, 15) is 9.59 Å². The van der Waals surface area contributed by atoms with Gasteiger partial charge in [0.2, 0.25) is 5.91 Å². The Hall–Kier alpha value is -3.20. The highest BCUT2D eigenvalue weighted by Gasteiger charge is 2.26. The Morgan fingerprint density at radius 2 is 1.84 bits per heavy atom. The topological polar surface area (TPSA) is 104 Å². The van der Waals surface area contributed by atoms with Crippen molar-refractivity contribution in [3.8, 4) is 0 Å². The lowest BCUT2D eigenvalue weighted by molar-refractivity contribution is -0.120. The number of carbonyl (C=O) groups excluding carboxylic acids is 2. The molecule has 0 bridgehead atoms. The van der Waals surface area contributed by atoms with Crippen molar-refractivity contribution in [2.24, 2.45) is 5.92 Å². The third-order valence-electron chi connectivity index (χ3n) is 8.41. The van der Waals surface area contributed by atoms with Gasteiger partial charge in [-0.3, -0.25) is 9.59 Å². The highest BCUT2D eigenvalue weighted by atomic mass is 16.2. The number of nitrogens with one attached hydrogen (secondary N) is 3. The van der Waals surface area contributed by atoms with Gasteiger partial charge in [-0.15, -0.1) is 0 Å². The average molecular weight is 518 g/mol. The minimum atomic E-state index is -0.0342. The minimum absolute atomic E-state index is 0.0342. The molecule has 9 heteroatoms. The highest BCUT2D eigenvalue weighted by Crippen LogP contribution is 2.32. The second-order valence-corrected chi connectivity index (χ2v) is 11.6. The number of nitrogens with zero attached hydrogens (tertiary/aromatic N) is 4. The Balaban J connectivity index is 1.10. The monoisotopic (exact) mass is 517 g/mol. The lowest BCUT2D eigenvalue weighted by Gasteiger charge is -2.29. The van der Waals surface area contributed by atoms with E-state index in [2.05, 4.69) is 38.6 Å². The molecule has 1 amide bonds. The van der Waals surface area contributed by atoms with Crippen molar-refractivity contribution in [1.82, 2.24) is 24.8 Å². The molecule has 6 rings (SSSR count). The van der Waals surface area contributed by atoms with Crippen LogP contribution in [0.1, 0.15) is 76.2 Å². The standard InChI is InChI=1S/C29H39N7O2/c1-19-21(16-28(38)31-19)15-22-18-30-36-27(33-24-8-9-24)17-26(34-29(22)36)32-23-6-4-20(5-7-23)14-25(37)10-13-35-11-2-3-12-35/h15,17-18,20,23-24,33H,1-14,16H2,(H,31,38)(H,32,34)/b21-15+. The first kappa shape index (κ1) is 25.1. The van der Waals surface area contributed by atoms with Crippen molar-refractivity contribution >= 4 is 35.0 Å². The molecule has 2 saturated heterocycles. The average Bonchev–Trinajstić information content (AvgIpc) is 3.24. The van der Waals surface area contributed by atoms with Gasteiger partial charge in [-0.2, -0.15) is 9.61 Å². The van der Waals surface area contributed by atoms with E-state index in [4.69, 9.17) is 4.98 Å². The number of carbonyl (C=O) groups is 2. The molecule has 0 atom stereocenters. The molecule has 4 fully saturated rings. The fraction of sp³-hybridized carbons (Fsp3) is 0.586. The molecule has 2 aromatic rings. The number of fused-ring (bicyclic) bond motifs is 1. The molecular weight excluding hydrogens is 478 g/mol. The zero-order valence-electron chi connectivity index (χ0n) is 22.2. The zero-order valence-corrected chi connectivity index (χ0v) is 22.2. The van der Waals surface area contributed by atoms with Gasteiger partial charge in [0.1, 0.15) is 17.4 Å². The predicted molar refractivity (Wildman–Crippen MR) is 149 cm³/mol. The second-order valence-electron chi connectivity index (χ2n) is 11.6. The number of rotatable bonds is 10. The Morgan fingerprint density at radius 1 is 1.11 bits per heavy atom. The fourth-order valence-electron chi connectivity index (χ4n) is 6.03. The van der Waals surface area contributed by atoms with Crippen molar-refractivity contribution in [3.05, 3.63) is 35.7 Å². The number of amides is 1. The molecule has 3 N–H and O–H groups in total. The van der Waals surface area contributed by atoms with E-state index in [1.807, 2.05) is 10.6 Å². The molecule has 202 valence electrons. The van der Waals surface area contributed by atoms with Crippen LogP contribution in [0.25, 0.3) is 11.7 Å². The molecule has 2 aromatic heterocycles. The normalized spacial score (nSPS) is 25.3. The van der Waals surface area contributed by atoms with Gasteiger partial charge in [-0.25, -0.2) is 4.98 Å². The maximum Gasteiger partial charge on any atom is 0.228 e. The molecule has 0 spiro atoms. The summed E-state index contributed by atoms with van der Waals surface area (Å²) in [5, 5.41) is 14.7. The quantitative estimate of drug-likeness (QED) is 0.435. The molecule has 4 aliphatic rings. The molecule has 2 saturated carbocycles. The van der Waals surface area contributed by atoms with E-state index in [1.54, 1.807) is 6.20 Å². The van der Waals surface area contributed by atoms with Crippen LogP contribution in [0.4, 0.5) is 11.6 Å². The Kier molecular flexibility index (Phi) is 7.19. The summed E-state index contributed by atoms with van der Waals surface area (Å²) >= 11 is 0. The molecule has 0 radical (unpaired) electrons. The second kappa shape index (κ2) is 10.9. The first-order valence-electron chi connectivity index (χ1n) is 14.4. The highest BCUT2D eigenvalue weighted by molar-refractivity contribution is 5.89. The van der Waals surface area contributed by atoms with E-state index in [1.165, 1.54) is 25.7 Å². The zero-order chi connectivity index (χ0) is 26.1. The van der Waals surface area contributed by atoms with Crippen LogP contribution >= 0.6 is 0 Å². The van der Waals surface area contributed by atoms with Crippen LogP contribution in [-0.4, -0.2) is 62.9 Å².